The SMILES string of the molecule is COC(=O)c1nn(C)c(C)c1NC(=O)c1ccn(C2CCCC2)n1. The number of hydrogen-bond donors (Lipinski definition) is 1. The van der Waals surface area contributed by atoms with Crippen LogP contribution in [0.2, 0.25) is 0 Å². The molecule has 128 valence electrons. The molecule has 1 amide bonds. The topological polar surface area (TPSA) is 91.0 Å². The number of esters is 1. The molecule has 0 unspecified atom stereocenters. The molecule has 8 heteroatoms. The number of ether oxygens (including phenoxy) is 1. The fraction of sp³-hybridized carbons (Fsp3) is 0.500. The summed E-state index contributed by atoms with van der Waals surface area (Å²) in [6, 6.07) is 2.06. The lowest BCUT2D eigenvalue weighted by Crippen LogP contribution is -2.17. The first-order valence-corrected chi connectivity index (χ1v) is 7.99. The van der Waals surface area contributed by atoms with Gasteiger partial charge in [-0.05, 0) is 25.8 Å². The van der Waals surface area contributed by atoms with Gasteiger partial charge in [0.15, 0.2) is 11.4 Å². The number of carbonyl (C=O) groups is 2. The molecule has 0 atom stereocenters. The second-order valence-electron chi connectivity index (χ2n) is 6.00. The summed E-state index contributed by atoms with van der Waals surface area (Å²) in [6.45, 7) is 1.77. The summed E-state index contributed by atoms with van der Waals surface area (Å²) in [4.78, 5) is 24.3. The zero-order chi connectivity index (χ0) is 17.3. The number of amides is 1. The van der Waals surface area contributed by atoms with Crippen LogP contribution >= 0.6 is 0 Å². The lowest BCUT2D eigenvalue weighted by molar-refractivity contribution is 0.0594. The van der Waals surface area contributed by atoms with Crippen LogP contribution < -0.4 is 5.32 Å². The van der Waals surface area contributed by atoms with Crippen LogP contribution in [0.1, 0.15) is 58.4 Å². The number of rotatable bonds is 4. The summed E-state index contributed by atoms with van der Waals surface area (Å²) < 4.78 is 8.11. The highest BCUT2D eigenvalue weighted by molar-refractivity contribution is 6.06. The van der Waals surface area contributed by atoms with Crippen LogP contribution in [0.15, 0.2) is 12.3 Å². The molecule has 2 heterocycles. The average Bonchev–Trinajstić information content (AvgIpc) is 3.30. The number of aromatic nitrogens is 4. The maximum Gasteiger partial charge on any atom is 0.360 e. The largest absolute Gasteiger partial charge is 0.464 e. The van der Waals surface area contributed by atoms with Gasteiger partial charge in [0, 0.05) is 13.2 Å². The molecule has 0 saturated heterocycles. The van der Waals surface area contributed by atoms with E-state index in [0.717, 1.165) is 12.8 Å². The van der Waals surface area contributed by atoms with Gasteiger partial charge in [0.05, 0.1) is 24.5 Å². The normalized spacial score (nSPS) is 14.8. The minimum Gasteiger partial charge on any atom is -0.464 e. The molecule has 1 fully saturated rings. The van der Waals surface area contributed by atoms with Crippen LogP contribution in [-0.4, -0.2) is 38.5 Å². The maximum absolute atomic E-state index is 12.5. The predicted molar refractivity (Wildman–Crippen MR) is 87.0 cm³/mol. The van der Waals surface area contributed by atoms with Crippen LogP contribution in [0, 0.1) is 6.92 Å². The third kappa shape index (κ3) is 2.91. The Morgan fingerprint density at radius 3 is 2.67 bits per heavy atom. The third-order valence-corrected chi connectivity index (χ3v) is 4.49. The van der Waals surface area contributed by atoms with Gasteiger partial charge < -0.3 is 10.1 Å². The second kappa shape index (κ2) is 6.46. The lowest BCUT2D eigenvalue weighted by Gasteiger charge is -2.09. The van der Waals surface area contributed by atoms with Crippen molar-refractivity contribution in [2.24, 2.45) is 7.05 Å². The molecule has 1 N–H and O–H groups in total. The molecule has 0 bridgehead atoms. The fourth-order valence-corrected chi connectivity index (χ4v) is 3.01. The van der Waals surface area contributed by atoms with E-state index >= 15 is 0 Å². The van der Waals surface area contributed by atoms with Crippen molar-refractivity contribution < 1.29 is 14.3 Å². The van der Waals surface area contributed by atoms with Crippen molar-refractivity contribution in [1.29, 1.82) is 0 Å². The first-order valence-electron chi connectivity index (χ1n) is 7.99. The number of aryl methyl sites for hydroxylation is 1. The van der Waals surface area contributed by atoms with Gasteiger partial charge in [-0.25, -0.2) is 4.79 Å². The highest BCUT2D eigenvalue weighted by atomic mass is 16.5. The van der Waals surface area contributed by atoms with Crippen LogP contribution in [0.5, 0.6) is 0 Å². The van der Waals surface area contributed by atoms with Crippen molar-refractivity contribution in [1.82, 2.24) is 19.6 Å². The molecule has 0 aliphatic heterocycles. The van der Waals surface area contributed by atoms with Gasteiger partial charge in [-0.3, -0.25) is 14.2 Å². The number of anilines is 1. The Kier molecular flexibility index (Phi) is 4.37. The number of carbonyl (C=O) groups excluding carboxylic acids is 2. The molecule has 1 saturated carbocycles. The molecule has 2 aromatic heterocycles. The van der Waals surface area contributed by atoms with Crippen molar-refractivity contribution in [3.8, 4) is 0 Å². The van der Waals surface area contributed by atoms with Crippen molar-refractivity contribution >= 4 is 17.6 Å². The highest BCUT2D eigenvalue weighted by Crippen LogP contribution is 2.29. The molecule has 0 radical (unpaired) electrons. The van der Waals surface area contributed by atoms with Crippen molar-refractivity contribution in [3.05, 3.63) is 29.3 Å². The smallest absolute Gasteiger partial charge is 0.360 e. The lowest BCUT2D eigenvalue weighted by atomic mass is 10.2. The number of hydrogen-bond acceptors (Lipinski definition) is 5. The molecule has 1 aliphatic rings. The molecule has 0 aromatic carbocycles. The molecular weight excluding hydrogens is 310 g/mol. The first kappa shape index (κ1) is 16.2. The summed E-state index contributed by atoms with van der Waals surface area (Å²) in [7, 11) is 2.98. The summed E-state index contributed by atoms with van der Waals surface area (Å²) >= 11 is 0. The van der Waals surface area contributed by atoms with E-state index in [9.17, 15) is 9.59 Å². The Bertz CT molecular complexity index is 771. The van der Waals surface area contributed by atoms with Gasteiger partial charge in [-0.2, -0.15) is 10.2 Å². The van der Waals surface area contributed by atoms with Gasteiger partial charge in [-0.1, -0.05) is 12.8 Å². The minimum atomic E-state index is -0.592. The minimum absolute atomic E-state index is 0.0843. The van der Waals surface area contributed by atoms with Crippen molar-refractivity contribution in [2.45, 2.75) is 38.6 Å². The number of nitrogens with zero attached hydrogens (tertiary/aromatic N) is 4. The summed E-state index contributed by atoms with van der Waals surface area (Å²) in [5.74, 6) is -0.960. The van der Waals surface area contributed by atoms with Crippen molar-refractivity contribution in [2.75, 3.05) is 12.4 Å². The standard InChI is InChI=1S/C16H21N5O3/c1-10-13(14(16(23)24-3)19-20(10)2)17-15(22)12-8-9-21(18-12)11-6-4-5-7-11/h8-9,11H,4-7H2,1-3H3,(H,17,22). The molecule has 2 aromatic rings. The Balaban J connectivity index is 1.81. The zero-order valence-electron chi connectivity index (χ0n) is 14.1. The van der Waals surface area contributed by atoms with E-state index in [1.807, 2.05) is 10.9 Å². The molecule has 1 aliphatic carbocycles. The Labute approximate surface area is 139 Å². The van der Waals surface area contributed by atoms with E-state index in [-0.39, 0.29) is 11.6 Å². The molecule has 0 spiro atoms. The average molecular weight is 331 g/mol. The van der Waals surface area contributed by atoms with E-state index in [1.165, 1.54) is 24.6 Å². The molecule has 8 nitrogen and oxygen atoms in total. The Morgan fingerprint density at radius 1 is 1.29 bits per heavy atom. The van der Waals surface area contributed by atoms with Crippen LogP contribution in [0.25, 0.3) is 0 Å². The summed E-state index contributed by atoms with van der Waals surface area (Å²) in [6.07, 6.45) is 6.42. The van der Waals surface area contributed by atoms with Gasteiger partial charge in [0.2, 0.25) is 0 Å². The second-order valence-corrected chi connectivity index (χ2v) is 6.00. The van der Waals surface area contributed by atoms with E-state index in [1.54, 1.807) is 20.0 Å². The van der Waals surface area contributed by atoms with E-state index in [2.05, 4.69) is 15.5 Å². The number of nitrogens with one attached hydrogen (secondary N) is 1. The van der Waals surface area contributed by atoms with Gasteiger partial charge in [0.1, 0.15) is 0 Å². The van der Waals surface area contributed by atoms with Gasteiger partial charge in [-0.15, -0.1) is 0 Å². The van der Waals surface area contributed by atoms with E-state index < -0.39 is 5.97 Å². The van der Waals surface area contributed by atoms with E-state index in [0.29, 0.717) is 23.1 Å². The first-order chi connectivity index (χ1) is 11.5. The predicted octanol–water partition coefficient (Wildman–Crippen LogP) is 2.08. The molecular formula is C16H21N5O3. The van der Waals surface area contributed by atoms with Crippen LogP contribution in [-0.2, 0) is 11.8 Å². The molecule has 3 rings (SSSR count). The van der Waals surface area contributed by atoms with E-state index in [4.69, 9.17) is 4.74 Å². The third-order valence-electron chi connectivity index (χ3n) is 4.49. The molecule has 24 heavy (non-hydrogen) atoms. The van der Waals surface area contributed by atoms with Gasteiger partial charge in [0.25, 0.3) is 5.91 Å². The maximum atomic E-state index is 12.5. The monoisotopic (exact) mass is 331 g/mol. The summed E-state index contributed by atoms with van der Waals surface area (Å²) in [5.41, 5.74) is 1.42. The van der Waals surface area contributed by atoms with Crippen LogP contribution in [0.3, 0.4) is 0 Å². The fourth-order valence-electron chi connectivity index (χ4n) is 3.01. The number of methoxy groups -OCH3 is 1. The highest BCUT2D eigenvalue weighted by Gasteiger charge is 2.24. The Hall–Kier alpha value is -2.64. The van der Waals surface area contributed by atoms with Gasteiger partial charge >= 0.3 is 5.97 Å². The Morgan fingerprint density at radius 2 is 2.00 bits per heavy atom. The summed E-state index contributed by atoms with van der Waals surface area (Å²) in [5, 5.41) is 11.2. The van der Waals surface area contributed by atoms with Crippen LogP contribution in [0.4, 0.5) is 5.69 Å². The van der Waals surface area contributed by atoms with Crippen molar-refractivity contribution in [3.63, 3.8) is 0 Å². The zero-order valence-corrected chi connectivity index (χ0v) is 14.1. The quantitative estimate of drug-likeness (QED) is 0.866.